The van der Waals surface area contributed by atoms with E-state index in [1.54, 1.807) is 7.11 Å². The lowest BCUT2D eigenvalue weighted by Gasteiger charge is -2.40. The van der Waals surface area contributed by atoms with Crippen LogP contribution in [-0.2, 0) is 23.3 Å². The largest absolute Gasteiger partial charge is 0.497 e. The van der Waals surface area contributed by atoms with Crippen molar-refractivity contribution in [1.29, 1.82) is 0 Å². The quantitative estimate of drug-likeness (QED) is 0.620. The molecule has 0 saturated carbocycles. The predicted molar refractivity (Wildman–Crippen MR) is 122 cm³/mol. The van der Waals surface area contributed by atoms with Gasteiger partial charge in [0.1, 0.15) is 5.75 Å². The van der Waals surface area contributed by atoms with Crippen LogP contribution in [0.2, 0.25) is 0 Å². The number of fused-ring (bicyclic) bond motifs is 3. The van der Waals surface area contributed by atoms with Crippen molar-refractivity contribution in [3.05, 3.63) is 101 Å². The van der Waals surface area contributed by atoms with Crippen LogP contribution in [0, 0.1) is 0 Å². The first-order chi connectivity index (χ1) is 15.6. The molecule has 1 unspecified atom stereocenters. The van der Waals surface area contributed by atoms with Gasteiger partial charge in [-0.25, -0.2) is 0 Å². The maximum atomic E-state index is 13.7. The molecular formula is C27H26N2O3. The number of ether oxygens (including phenoxy) is 1. The highest BCUT2D eigenvalue weighted by molar-refractivity contribution is 6.02. The lowest BCUT2D eigenvalue weighted by atomic mass is 9.89. The van der Waals surface area contributed by atoms with Gasteiger partial charge in [-0.1, -0.05) is 61.5 Å². The summed E-state index contributed by atoms with van der Waals surface area (Å²) in [6, 6.07) is 23.6. The molecule has 0 aliphatic carbocycles. The van der Waals surface area contributed by atoms with Crippen molar-refractivity contribution in [2.45, 2.75) is 25.4 Å². The lowest BCUT2D eigenvalue weighted by Crippen LogP contribution is -2.52. The third kappa shape index (κ3) is 2.92. The lowest BCUT2D eigenvalue weighted by molar-refractivity contribution is -0.135. The Hall–Kier alpha value is -3.60. The van der Waals surface area contributed by atoms with Gasteiger partial charge in [0, 0.05) is 29.8 Å². The fourth-order valence-corrected chi connectivity index (χ4v) is 5.09. The molecule has 3 aromatic carbocycles. The van der Waals surface area contributed by atoms with Crippen LogP contribution in [0.4, 0.5) is 0 Å². The number of aryl methyl sites for hydroxylation is 1. The van der Waals surface area contributed by atoms with E-state index < -0.39 is 5.66 Å². The number of amides is 2. The molecule has 0 N–H and O–H groups in total. The van der Waals surface area contributed by atoms with E-state index in [0.29, 0.717) is 18.7 Å². The Morgan fingerprint density at radius 3 is 2.31 bits per heavy atom. The summed E-state index contributed by atoms with van der Waals surface area (Å²) in [5.41, 5.74) is 3.76. The summed E-state index contributed by atoms with van der Waals surface area (Å²) in [5, 5.41) is 0. The number of methoxy groups -OCH3 is 1. The van der Waals surface area contributed by atoms with Gasteiger partial charge in [-0.2, -0.15) is 0 Å². The highest BCUT2D eigenvalue weighted by atomic mass is 16.5. The van der Waals surface area contributed by atoms with Crippen LogP contribution in [0.3, 0.4) is 0 Å². The predicted octanol–water partition coefficient (Wildman–Crippen LogP) is 4.00. The molecule has 0 radical (unpaired) electrons. The van der Waals surface area contributed by atoms with Crippen molar-refractivity contribution in [2.75, 3.05) is 20.2 Å². The van der Waals surface area contributed by atoms with Gasteiger partial charge in [0.2, 0.25) is 5.91 Å². The summed E-state index contributed by atoms with van der Waals surface area (Å²) < 4.78 is 5.23. The summed E-state index contributed by atoms with van der Waals surface area (Å²) in [6.07, 6.45) is 1.20. The molecule has 3 aromatic rings. The van der Waals surface area contributed by atoms with Crippen LogP contribution in [-0.4, -0.2) is 41.8 Å². The number of benzene rings is 3. The standard InChI is InChI=1S/C27H26N2O3/c1-3-19-8-12-21(13-9-19)27-24-7-5-4-6-23(24)26(31)29(27)17-16-28(27)25(30)18-20-10-14-22(32-2)15-11-20/h4-15H,3,16-18H2,1-2H3. The Labute approximate surface area is 188 Å². The van der Waals surface area contributed by atoms with Gasteiger partial charge < -0.3 is 14.5 Å². The Bertz CT molecular complexity index is 1170. The molecule has 5 rings (SSSR count). The van der Waals surface area contributed by atoms with Crippen molar-refractivity contribution in [3.63, 3.8) is 0 Å². The topological polar surface area (TPSA) is 49.9 Å². The number of hydrogen-bond donors (Lipinski definition) is 0. The second kappa shape index (κ2) is 7.83. The van der Waals surface area contributed by atoms with Crippen molar-refractivity contribution in [3.8, 4) is 5.75 Å². The highest BCUT2D eigenvalue weighted by Crippen LogP contribution is 2.49. The summed E-state index contributed by atoms with van der Waals surface area (Å²) >= 11 is 0. The van der Waals surface area contributed by atoms with Gasteiger partial charge in [0.25, 0.3) is 5.91 Å². The maximum Gasteiger partial charge on any atom is 0.256 e. The molecule has 0 bridgehead atoms. The van der Waals surface area contributed by atoms with E-state index in [1.807, 2.05) is 58.3 Å². The zero-order valence-electron chi connectivity index (χ0n) is 18.4. The summed E-state index contributed by atoms with van der Waals surface area (Å²) in [5.74, 6) is 0.748. The minimum atomic E-state index is -0.899. The van der Waals surface area contributed by atoms with Gasteiger partial charge in [-0.05, 0) is 35.7 Å². The van der Waals surface area contributed by atoms with Gasteiger partial charge >= 0.3 is 0 Å². The van der Waals surface area contributed by atoms with E-state index in [2.05, 4.69) is 31.2 Å². The first-order valence-electron chi connectivity index (χ1n) is 11.0. The molecule has 1 atom stereocenters. The third-order valence-corrected chi connectivity index (χ3v) is 6.69. The van der Waals surface area contributed by atoms with Crippen LogP contribution in [0.1, 0.15) is 39.5 Å². The molecule has 162 valence electrons. The van der Waals surface area contributed by atoms with Crippen LogP contribution < -0.4 is 4.74 Å². The molecule has 2 amide bonds. The molecule has 5 nitrogen and oxygen atoms in total. The van der Waals surface area contributed by atoms with Crippen LogP contribution in [0.25, 0.3) is 0 Å². The average molecular weight is 427 g/mol. The number of hydrogen-bond acceptors (Lipinski definition) is 3. The Morgan fingerprint density at radius 1 is 0.938 bits per heavy atom. The SMILES string of the molecule is CCc1ccc(C23c4ccccc4C(=O)N2CCN3C(=O)Cc2ccc(OC)cc2)cc1. The van der Waals surface area contributed by atoms with Crippen LogP contribution in [0.15, 0.2) is 72.8 Å². The van der Waals surface area contributed by atoms with Crippen LogP contribution in [0.5, 0.6) is 5.75 Å². The number of carbonyl (C=O) groups excluding carboxylic acids is 2. The first-order valence-corrected chi connectivity index (χ1v) is 11.0. The van der Waals surface area contributed by atoms with E-state index >= 15 is 0 Å². The monoisotopic (exact) mass is 426 g/mol. The minimum absolute atomic E-state index is 0.00161. The zero-order chi connectivity index (χ0) is 22.3. The normalized spacial score (nSPS) is 19.1. The third-order valence-electron chi connectivity index (χ3n) is 6.69. The number of carbonyl (C=O) groups is 2. The molecular weight excluding hydrogens is 400 g/mol. The van der Waals surface area contributed by atoms with Gasteiger partial charge in [-0.15, -0.1) is 0 Å². The summed E-state index contributed by atoms with van der Waals surface area (Å²) in [7, 11) is 1.63. The van der Waals surface area contributed by atoms with E-state index in [-0.39, 0.29) is 18.2 Å². The van der Waals surface area contributed by atoms with Gasteiger partial charge in [0.05, 0.1) is 13.5 Å². The minimum Gasteiger partial charge on any atom is -0.497 e. The van der Waals surface area contributed by atoms with Crippen molar-refractivity contribution >= 4 is 11.8 Å². The smallest absolute Gasteiger partial charge is 0.256 e. The summed E-state index contributed by atoms with van der Waals surface area (Å²) in [6.45, 7) is 3.14. The van der Waals surface area contributed by atoms with Crippen molar-refractivity contribution in [2.24, 2.45) is 0 Å². The Balaban J connectivity index is 1.60. The molecule has 0 aromatic heterocycles. The van der Waals surface area contributed by atoms with Gasteiger partial charge in [0.15, 0.2) is 5.66 Å². The number of rotatable bonds is 5. The Morgan fingerprint density at radius 2 is 1.62 bits per heavy atom. The fraction of sp³-hybridized carbons (Fsp3) is 0.259. The molecule has 2 aliphatic rings. The second-order valence-electron chi connectivity index (χ2n) is 8.30. The maximum absolute atomic E-state index is 13.7. The molecule has 5 heteroatoms. The molecule has 1 saturated heterocycles. The molecule has 0 spiro atoms. The first kappa shape index (κ1) is 20.3. The second-order valence-corrected chi connectivity index (χ2v) is 8.30. The van der Waals surface area contributed by atoms with Crippen molar-refractivity contribution in [1.82, 2.24) is 9.80 Å². The molecule has 2 aliphatic heterocycles. The Kier molecular flexibility index (Phi) is 4.97. The van der Waals surface area contributed by atoms with E-state index in [4.69, 9.17) is 4.74 Å². The van der Waals surface area contributed by atoms with Crippen molar-refractivity contribution < 1.29 is 14.3 Å². The highest BCUT2D eigenvalue weighted by Gasteiger charge is 2.59. The summed E-state index contributed by atoms with van der Waals surface area (Å²) in [4.78, 5) is 30.8. The molecule has 2 heterocycles. The molecule has 32 heavy (non-hydrogen) atoms. The molecule has 1 fully saturated rings. The van der Waals surface area contributed by atoms with E-state index in [1.165, 1.54) is 5.56 Å². The number of nitrogens with zero attached hydrogens (tertiary/aromatic N) is 2. The average Bonchev–Trinajstić information content (AvgIpc) is 3.35. The van der Waals surface area contributed by atoms with Gasteiger partial charge in [-0.3, -0.25) is 9.59 Å². The fourth-order valence-electron chi connectivity index (χ4n) is 5.09. The zero-order valence-corrected chi connectivity index (χ0v) is 18.4. The van der Waals surface area contributed by atoms with E-state index in [9.17, 15) is 9.59 Å². The van der Waals surface area contributed by atoms with E-state index in [0.717, 1.165) is 28.9 Å². The van der Waals surface area contributed by atoms with Crippen LogP contribution >= 0.6 is 0 Å².